The zero-order valence-electron chi connectivity index (χ0n) is 9.91. The maximum absolute atomic E-state index is 9.70. The molecule has 0 amide bonds. The first-order chi connectivity index (χ1) is 6.25. The first kappa shape index (κ1) is 20.6. The Kier molecular flexibility index (Phi) is 16.8. The van der Waals surface area contributed by atoms with Gasteiger partial charge in [-0.3, -0.25) is 0 Å². The van der Waals surface area contributed by atoms with Gasteiger partial charge in [-0.1, -0.05) is 27.7 Å². The maximum Gasteiger partial charge on any atom is 2.00 e. The summed E-state index contributed by atoms with van der Waals surface area (Å²) in [6.45, 7) is 7.37. The van der Waals surface area contributed by atoms with Crippen molar-refractivity contribution >= 4 is 49.7 Å². The van der Waals surface area contributed by atoms with Crippen LogP contribution in [0.25, 0.3) is 0 Å². The second-order valence-corrected chi connectivity index (χ2v) is 3.94. The average molecular weight is 242 g/mol. The molecule has 0 unspecified atom stereocenters. The monoisotopic (exact) mass is 242 g/mol. The summed E-state index contributed by atoms with van der Waals surface area (Å²) in [4.78, 5) is 19.4. The molecule has 5 heteroatoms. The van der Waals surface area contributed by atoms with E-state index < -0.39 is 11.9 Å². The maximum atomic E-state index is 9.70. The molecule has 84 valence electrons. The van der Waals surface area contributed by atoms with E-state index in [2.05, 4.69) is 0 Å². The van der Waals surface area contributed by atoms with Crippen LogP contribution < -0.4 is 10.2 Å². The molecule has 0 aliphatic heterocycles. The van der Waals surface area contributed by atoms with E-state index in [0.717, 1.165) is 0 Å². The van der Waals surface area contributed by atoms with Gasteiger partial charge in [-0.2, -0.15) is 0 Å². The van der Waals surface area contributed by atoms with Gasteiger partial charge in [0.1, 0.15) is 0 Å². The minimum absolute atomic E-state index is 0. The average Bonchev–Trinajstić information content (AvgIpc) is 1.79. The molecule has 0 aliphatic rings. The summed E-state index contributed by atoms with van der Waals surface area (Å²) in [7, 11) is 0. The largest absolute Gasteiger partial charge is 2.00 e. The quantitative estimate of drug-likeness (QED) is 0.603. The van der Waals surface area contributed by atoms with Crippen LogP contribution in [0.2, 0.25) is 0 Å². The van der Waals surface area contributed by atoms with Crippen LogP contribution in [-0.4, -0.2) is 49.7 Å². The van der Waals surface area contributed by atoms with Crippen LogP contribution in [0.15, 0.2) is 0 Å². The van der Waals surface area contributed by atoms with E-state index in [1.807, 2.05) is 27.7 Å². The fourth-order valence-corrected chi connectivity index (χ4v) is 0.667. The molecule has 0 bridgehead atoms. The van der Waals surface area contributed by atoms with Crippen LogP contribution in [0.5, 0.6) is 0 Å². The first-order valence-corrected chi connectivity index (χ1v) is 4.65. The molecule has 0 rings (SSSR count). The van der Waals surface area contributed by atoms with E-state index in [-0.39, 0.29) is 62.4 Å². The number of carboxylic acids is 2. The predicted octanol–water partition coefficient (Wildman–Crippen LogP) is -0.816. The number of hydrogen-bond donors (Lipinski definition) is 0. The van der Waals surface area contributed by atoms with Crippen molar-refractivity contribution in [3.63, 3.8) is 0 Å². The number of rotatable bonds is 4. The van der Waals surface area contributed by atoms with E-state index in [1.54, 1.807) is 0 Å². The first-order valence-electron chi connectivity index (χ1n) is 4.65. The number of carbonyl (C=O) groups is 2. The fraction of sp³-hybridized carbons (Fsp3) is 0.800. The summed E-state index contributed by atoms with van der Waals surface area (Å²) in [5.41, 5.74) is 0. The van der Waals surface area contributed by atoms with Crippen LogP contribution >= 0.6 is 0 Å². The van der Waals surface area contributed by atoms with E-state index in [9.17, 15) is 19.8 Å². The van der Waals surface area contributed by atoms with E-state index in [4.69, 9.17) is 0 Å². The molecule has 0 aromatic heterocycles. The molecule has 4 nitrogen and oxygen atoms in total. The molecule has 0 saturated heterocycles. The molecule has 0 heterocycles. The van der Waals surface area contributed by atoms with Crippen molar-refractivity contribution in [3.05, 3.63) is 0 Å². The van der Waals surface area contributed by atoms with Crippen LogP contribution in [0, 0.1) is 11.8 Å². The molecule has 0 aliphatic carbocycles. The van der Waals surface area contributed by atoms with E-state index >= 15 is 0 Å². The number of hydrogen-bond acceptors (Lipinski definition) is 4. The van der Waals surface area contributed by atoms with E-state index in [1.165, 1.54) is 0 Å². The van der Waals surface area contributed by atoms with Crippen molar-refractivity contribution in [1.29, 1.82) is 0 Å². The minimum Gasteiger partial charge on any atom is -0.550 e. The Morgan fingerprint density at radius 1 is 0.867 bits per heavy atom. The molecule has 0 radical (unpaired) electrons. The van der Waals surface area contributed by atoms with Gasteiger partial charge in [0.05, 0.1) is 0 Å². The fourth-order valence-electron chi connectivity index (χ4n) is 0.667. The predicted molar refractivity (Wildman–Crippen MR) is 54.7 cm³/mol. The van der Waals surface area contributed by atoms with Crippen molar-refractivity contribution < 1.29 is 19.8 Å². The third kappa shape index (κ3) is 31.4. The van der Waals surface area contributed by atoms with E-state index in [0.29, 0.717) is 0 Å². The number of carbonyl (C=O) groups excluding carboxylic acids is 2. The van der Waals surface area contributed by atoms with Crippen LogP contribution in [-0.2, 0) is 9.59 Å². The molecule has 0 saturated carbocycles. The summed E-state index contributed by atoms with van der Waals surface area (Å²) in [6, 6.07) is 0. The Morgan fingerprint density at radius 3 is 1.07 bits per heavy atom. The molecule has 0 fully saturated rings. The topological polar surface area (TPSA) is 80.3 Å². The smallest absolute Gasteiger partial charge is 0.550 e. The zero-order valence-corrected chi connectivity index (χ0v) is 12.1. The summed E-state index contributed by atoms with van der Waals surface area (Å²) in [6.07, 6.45) is 0.333. The van der Waals surface area contributed by atoms with Gasteiger partial charge >= 0.3 is 37.7 Å². The van der Waals surface area contributed by atoms with Gasteiger partial charge in [-0.05, 0) is 24.7 Å². The SMILES string of the molecule is CC(C)CC(=O)[O-].CC(C)CC(=O)[O-].[Ca+2]. The summed E-state index contributed by atoms with van der Waals surface area (Å²) in [5, 5.41) is 19.4. The second kappa shape index (κ2) is 12.3. The Labute approximate surface area is 121 Å². The van der Waals surface area contributed by atoms with Gasteiger partial charge in [0, 0.05) is 11.9 Å². The third-order valence-corrected chi connectivity index (χ3v) is 1.15. The molecule has 0 aromatic carbocycles. The Balaban J connectivity index is -0.000000180. The summed E-state index contributed by atoms with van der Waals surface area (Å²) < 4.78 is 0. The Bertz CT molecular complexity index is 158. The Hall–Kier alpha value is 0.200. The number of aliphatic carboxylic acids is 2. The van der Waals surface area contributed by atoms with Gasteiger partial charge in [0.15, 0.2) is 0 Å². The molecule has 0 spiro atoms. The molecule has 15 heavy (non-hydrogen) atoms. The third-order valence-electron chi connectivity index (χ3n) is 1.15. The second-order valence-electron chi connectivity index (χ2n) is 3.94. The van der Waals surface area contributed by atoms with Crippen molar-refractivity contribution in [3.8, 4) is 0 Å². The molecular formula is C10H18CaO4. The van der Waals surface area contributed by atoms with Gasteiger partial charge < -0.3 is 19.8 Å². The van der Waals surface area contributed by atoms with Gasteiger partial charge in [-0.25, -0.2) is 0 Å². The van der Waals surface area contributed by atoms with Crippen LogP contribution in [0.4, 0.5) is 0 Å². The molecule has 0 atom stereocenters. The number of carboxylic acid groups (broad SMARTS) is 2. The summed E-state index contributed by atoms with van der Waals surface area (Å²) in [5.74, 6) is -1.50. The van der Waals surface area contributed by atoms with Crippen molar-refractivity contribution in [2.24, 2.45) is 11.8 Å². The van der Waals surface area contributed by atoms with Crippen LogP contribution in [0.1, 0.15) is 40.5 Å². The summed E-state index contributed by atoms with van der Waals surface area (Å²) >= 11 is 0. The van der Waals surface area contributed by atoms with Gasteiger partial charge in [-0.15, -0.1) is 0 Å². The van der Waals surface area contributed by atoms with Crippen molar-refractivity contribution in [2.75, 3.05) is 0 Å². The normalized spacial score (nSPS) is 8.93. The minimum atomic E-state index is -0.963. The molecular weight excluding hydrogens is 224 g/mol. The zero-order chi connectivity index (χ0) is 11.7. The molecule has 0 aromatic rings. The van der Waals surface area contributed by atoms with Crippen molar-refractivity contribution in [1.82, 2.24) is 0 Å². The van der Waals surface area contributed by atoms with Gasteiger partial charge in [0.25, 0.3) is 0 Å². The Morgan fingerprint density at radius 2 is 1.07 bits per heavy atom. The van der Waals surface area contributed by atoms with Crippen LogP contribution in [0.3, 0.4) is 0 Å². The molecule has 0 N–H and O–H groups in total. The standard InChI is InChI=1S/2C5H10O2.Ca/c2*1-4(2)3-5(6)7;/h2*4H,3H2,1-2H3,(H,6,7);/q;;+2/p-2. The van der Waals surface area contributed by atoms with Gasteiger partial charge in [0.2, 0.25) is 0 Å². The van der Waals surface area contributed by atoms with Crippen molar-refractivity contribution in [2.45, 2.75) is 40.5 Å².